The van der Waals surface area contributed by atoms with Gasteiger partial charge in [0.05, 0.1) is 12.7 Å². The minimum atomic E-state index is -0.765. The van der Waals surface area contributed by atoms with E-state index < -0.39 is 5.60 Å². The largest absolute Gasteiger partial charge is 0.497 e. The Morgan fingerprint density at radius 1 is 1.05 bits per heavy atom. The zero-order valence-electron chi connectivity index (χ0n) is 13.3. The molecule has 1 atom stereocenters. The maximum atomic E-state index is 10.6. The van der Waals surface area contributed by atoms with Crippen molar-refractivity contribution in [2.75, 3.05) is 7.11 Å². The monoisotopic (exact) mass is 294 g/mol. The SMILES string of the molecule is COc1ccc(C2=Cc3ccccc3CC2C(C)(C)O)cc1. The normalized spacial score (nSPS) is 17.6. The summed E-state index contributed by atoms with van der Waals surface area (Å²) >= 11 is 0. The van der Waals surface area contributed by atoms with E-state index in [1.165, 1.54) is 16.7 Å². The Hall–Kier alpha value is -2.06. The molecule has 1 aliphatic carbocycles. The summed E-state index contributed by atoms with van der Waals surface area (Å²) in [6.07, 6.45) is 3.07. The van der Waals surface area contributed by atoms with E-state index in [4.69, 9.17) is 4.74 Å². The number of fused-ring (bicyclic) bond motifs is 1. The smallest absolute Gasteiger partial charge is 0.118 e. The third-order valence-corrected chi connectivity index (χ3v) is 4.44. The molecule has 0 bridgehead atoms. The molecule has 2 aromatic rings. The van der Waals surface area contributed by atoms with Gasteiger partial charge >= 0.3 is 0 Å². The van der Waals surface area contributed by atoms with Crippen LogP contribution in [0.2, 0.25) is 0 Å². The van der Waals surface area contributed by atoms with Crippen molar-refractivity contribution in [2.24, 2.45) is 5.92 Å². The Morgan fingerprint density at radius 2 is 1.73 bits per heavy atom. The summed E-state index contributed by atoms with van der Waals surface area (Å²) in [4.78, 5) is 0. The zero-order valence-corrected chi connectivity index (χ0v) is 13.3. The number of methoxy groups -OCH3 is 1. The van der Waals surface area contributed by atoms with Crippen LogP contribution in [0.25, 0.3) is 11.6 Å². The summed E-state index contributed by atoms with van der Waals surface area (Å²) in [6.45, 7) is 3.78. The summed E-state index contributed by atoms with van der Waals surface area (Å²) < 4.78 is 5.24. The zero-order chi connectivity index (χ0) is 15.7. The van der Waals surface area contributed by atoms with Crippen molar-refractivity contribution < 1.29 is 9.84 Å². The second-order valence-corrected chi connectivity index (χ2v) is 6.44. The highest BCUT2D eigenvalue weighted by Gasteiger charge is 2.33. The molecule has 0 aromatic heterocycles. The van der Waals surface area contributed by atoms with Crippen molar-refractivity contribution in [3.63, 3.8) is 0 Å². The Morgan fingerprint density at radius 3 is 2.36 bits per heavy atom. The lowest BCUT2D eigenvalue weighted by Crippen LogP contribution is -2.34. The van der Waals surface area contributed by atoms with Crippen LogP contribution in [0.3, 0.4) is 0 Å². The van der Waals surface area contributed by atoms with E-state index in [1.54, 1.807) is 7.11 Å². The van der Waals surface area contributed by atoms with Gasteiger partial charge in [-0.1, -0.05) is 42.5 Å². The van der Waals surface area contributed by atoms with E-state index in [9.17, 15) is 5.11 Å². The van der Waals surface area contributed by atoms with Crippen molar-refractivity contribution in [1.82, 2.24) is 0 Å². The molecule has 0 heterocycles. The van der Waals surface area contributed by atoms with E-state index in [-0.39, 0.29) is 5.92 Å². The van der Waals surface area contributed by atoms with Crippen molar-refractivity contribution >= 4 is 11.6 Å². The lowest BCUT2D eigenvalue weighted by Gasteiger charge is -2.35. The lowest BCUT2D eigenvalue weighted by atomic mass is 9.73. The minimum absolute atomic E-state index is 0.0794. The number of rotatable bonds is 3. The molecule has 0 amide bonds. The second kappa shape index (κ2) is 5.62. The fourth-order valence-corrected chi connectivity index (χ4v) is 3.16. The van der Waals surface area contributed by atoms with Crippen LogP contribution < -0.4 is 4.74 Å². The summed E-state index contributed by atoms with van der Waals surface area (Å²) in [6, 6.07) is 16.5. The van der Waals surface area contributed by atoms with Gasteiger partial charge in [-0.15, -0.1) is 0 Å². The van der Waals surface area contributed by atoms with Crippen molar-refractivity contribution in [3.05, 3.63) is 65.2 Å². The molecule has 1 unspecified atom stereocenters. The van der Waals surface area contributed by atoms with Gasteiger partial charge < -0.3 is 9.84 Å². The number of hydrogen-bond donors (Lipinski definition) is 1. The van der Waals surface area contributed by atoms with Gasteiger partial charge in [-0.05, 0) is 54.7 Å². The molecule has 0 aliphatic heterocycles. The number of aliphatic hydroxyl groups is 1. The molecule has 0 radical (unpaired) electrons. The van der Waals surface area contributed by atoms with E-state index in [0.717, 1.165) is 17.7 Å². The fourth-order valence-electron chi connectivity index (χ4n) is 3.16. The molecule has 2 heteroatoms. The van der Waals surface area contributed by atoms with Gasteiger partial charge in [0, 0.05) is 5.92 Å². The first-order chi connectivity index (χ1) is 10.5. The van der Waals surface area contributed by atoms with Gasteiger partial charge in [-0.2, -0.15) is 0 Å². The topological polar surface area (TPSA) is 29.5 Å². The third-order valence-electron chi connectivity index (χ3n) is 4.44. The lowest BCUT2D eigenvalue weighted by molar-refractivity contribution is 0.0409. The van der Waals surface area contributed by atoms with Crippen molar-refractivity contribution in [2.45, 2.75) is 25.9 Å². The highest BCUT2D eigenvalue weighted by molar-refractivity contribution is 5.86. The minimum Gasteiger partial charge on any atom is -0.497 e. The first-order valence-electron chi connectivity index (χ1n) is 7.65. The van der Waals surface area contributed by atoms with Crippen LogP contribution in [-0.4, -0.2) is 17.8 Å². The van der Waals surface area contributed by atoms with Crippen molar-refractivity contribution in [1.29, 1.82) is 0 Å². The standard InChI is InChI=1S/C20H22O2/c1-20(2,21)19-13-16-7-5-4-6-15(16)12-18(19)14-8-10-17(22-3)11-9-14/h4-12,19,21H,13H2,1-3H3. The van der Waals surface area contributed by atoms with Crippen LogP contribution in [-0.2, 0) is 6.42 Å². The first kappa shape index (κ1) is 14.9. The van der Waals surface area contributed by atoms with Gasteiger partial charge in [-0.3, -0.25) is 0 Å². The van der Waals surface area contributed by atoms with Gasteiger partial charge in [0.25, 0.3) is 0 Å². The summed E-state index contributed by atoms with van der Waals surface area (Å²) in [7, 11) is 1.67. The molecule has 1 aliphatic rings. The molecular weight excluding hydrogens is 272 g/mol. The Labute approximate surface area is 132 Å². The average molecular weight is 294 g/mol. The van der Waals surface area contributed by atoms with Gasteiger partial charge in [-0.25, -0.2) is 0 Å². The molecule has 22 heavy (non-hydrogen) atoms. The van der Waals surface area contributed by atoms with Gasteiger partial charge in [0.15, 0.2) is 0 Å². The van der Waals surface area contributed by atoms with Crippen LogP contribution in [0.1, 0.15) is 30.5 Å². The van der Waals surface area contributed by atoms with Crippen LogP contribution >= 0.6 is 0 Å². The van der Waals surface area contributed by atoms with Crippen LogP contribution in [0, 0.1) is 5.92 Å². The molecule has 0 saturated carbocycles. The number of ether oxygens (including phenoxy) is 1. The Bertz CT molecular complexity index is 690. The molecule has 0 saturated heterocycles. The summed E-state index contributed by atoms with van der Waals surface area (Å²) in [5, 5.41) is 10.6. The first-order valence-corrected chi connectivity index (χ1v) is 7.65. The van der Waals surface area contributed by atoms with E-state index in [0.29, 0.717) is 0 Å². The number of hydrogen-bond acceptors (Lipinski definition) is 2. The fraction of sp³-hybridized carbons (Fsp3) is 0.300. The second-order valence-electron chi connectivity index (χ2n) is 6.44. The van der Waals surface area contributed by atoms with E-state index in [2.05, 4.69) is 42.5 Å². The van der Waals surface area contributed by atoms with Crippen LogP contribution in [0.5, 0.6) is 5.75 Å². The predicted octanol–water partition coefficient (Wildman–Crippen LogP) is 4.18. The molecule has 0 spiro atoms. The Kier molecular flexibility index (Phi) is 3.79. The quantitative estimate of drug-likeness (QED) is 0.920. The third kappa shape index (κ3) is 2.79. The van der Waals surface area contributed by atoms with Crippen LogP contribution in [0.15, 0.2) is 48.5 Å². The van der Waals surface area contributed by atoms with E-state index in [1.807, 2.05) is 26.0 Å². The van der Waals surface area contributed by atoms with Crippen molar-refractivity contribution in [3.8, 4) is 5.75 Å². The highest BCUT2D eigenvalue weighted by atomic mass is 16.5. The molecule has 2 nitrogen and oxygen atoms in total. The molecule has 3 rings (SSSR count). The van der Waals surface area contributed by atoms with Gasteiger partial charge in [0.1, 0.15) is 5.75 Å². The Balaban J connectivity index is 2.09. The van der Waals surface area contributed by atoms with Crippen LogP contribution in [0.4, 0.5) is 0 Å². The van der Waals surface area contributed by atoms with Gasteiger partial charge in [0.2, 0.25) is 0 Å². The summed E-state index contributed by atoms with van der Waals surface area (Å²) in [5.41, 5.74) is 4.11. The molecule has 2 aromatic carbocycles. The molecule has 1 N–H and O–H groups in total. The highest BCUT2D eigenvalue weighted by Crippen LogP contribution is 2.40. The molecule has 114 valence electrons. The summed E-state index contributed by atoms with van der Waals surface area (Å²) in [5.74, 6) is 0.927. The maximum Gasteiger partial charge on any atom is 0.118 e. The average Bonchev–Trinajstić information content (AvgIpc) is 2.53. The van der Waals surface area contributed by atoms with E-state index >= 15 is 0 Å². The maximum absolute atomic E-state index is 10.6. The number of benzene rings is 2. The molecule has 0 fully saturated rings. The predicted molar refractivity (Wildman–Crippen MR) is 90.8 cm³/mol. The molecular formula is C20H22O2.